The Morgan fingerprint density at radius 2 is 2.00 bits per heavy atom. The standard InChI is InChI=1S/C12H13NO3/c1-7-11(14)9-6-8(16-3)4-5-10(9)13(2)12(7)15/h4-7H,1-3H3. The van der Waals surface area contributed by atoms with Crippen molar-refractivity contribution in [3.63, 3.8) is 0 Å². The lowest BCUT2D eigenvalue weighted by molar-refractivity contribution is -0.120. The number of Topliss-reactive ketones (excluding diaryl/α,β-unsaturated/α-hetero) is 1. The number of hydrogen-bond acceptors (Lipinski definition) is 3. The Morgan fingerprint density at radius 1 is 1.31 bits per heavy atom. The van der Waals surface area contributed by atoms with Gasteiger partial charge in [0.1, 0.15) is 5.75 Å². The van der Waals surface area contributed by atoms with Crippen LogP contribution in [0.2, 0.25) is 0 Å². The topological polar surface area (TPSA) is 46.6 Å². The summed E-state index contributed by atoms with van der Waals surface area (Å²) in [6.07, 6.45) is 0. The number of amides is 1. The molecule has 4 nitrogen and oxygen atoms in total. The Bertz CT molecular complexity index is 467. The minimum absolute atomic E-state index is 0.142. The van der Waals surface area contributed by atoms with Gasteiger partial charge in [-0.15, -0.1) is 0 Å². The molecule has 1 amide bonds. The molecule has 1 heterocycles. The van der Waals surface area contributed by atoms with Gasteiger partial charge in [-0.25, -0.2) is 0 Å². The van der Waals surface area contributed by atoms with Crippen molar-refractivity contribution in [2.45, 2.75) is 6.92 Å². The third-order valence-electron chi connectivity index (χ3n) is 2.92. The van der Waals surface area contributed by atoms with Crippen molar-refractivity contribution in [2.75, 3.05) is 19.1 Å². The number of methoxy groups -OCH3 is 1. The molecule has 1 aromatic rings. The smallest absolute Gasteiger partial charge is 0.237 e. The highest BCUT2D eigenvalue weighted by atomic mass is 16.5. The second-order valence-corrected chi connectivity index (χ2v) is 3.87. The predicted molar refractivity (Wildman–Crippen MR) is 59.9 cm³/mol. The molecule has 1 aromatic carbocycles. The maximum Gasteiger partial charge on any atom is 0.237 e. The lowest BCUT2D eigenvalue weighted by atomic mass is 9.92. The van der Waals surface area contributed by atoms with E-state index in [4.69, 9.17) is 4.74 Å². The van der Waals surface area contributed by atoms with E-state index >= 15 is 0 Å². The fourth-order valence-corrected chi connectivity index (χ4v) is 1.89. The molecule has 0 saturated heterocycles. The van der Waals surface area contributed by atoms with Crippen LogP contribution < -0.4 is 9.64 Å². The Morgan fingerprint density at radius 3 is 2.62 bits per heavy atom. The number of ether oxygens (including phenoxy) is 1. The fraction of sp³-hybridized carbons (Fsp3) is 0.333. The number of ketones is 1. The first-order valence-electron chi connectivity index (χ1n) is 5.06. The van der Waals surface area contributed by atoms with Crippen LogP contribution in [0.3, 0.4) is 0 Å². The number of benzene rings is 1. The molecule has 0 bridgehead atoms. The van der Waals surface area contributed by atoms with Gasteiger partial charge in [-0.1, -0.05) is 0 Å². The Labute approximate surface area is 93.8 Å². The number of fused-ring (bicyclic) bond motifs is 1. The molecule has 0 aromatic heterocycles. The van der Waals surface area contributed by atoms with Gasteiger partial charge in [0.2, 0.25) is 5.91 Å². The van der Waals surface area contributed by atoms with Gasteiger partial charge in [-0.3, -0.25) is 9.59 Å². The molecule has 16 heavy (non-hydrogen) atoms. The van der Waals surface area contributed by atoms with Gasteiger partial charge in [-0.2, -0.15) is 0 Å². The molecule has 1 unspecified atom stereocenters. The van der Waals surface area contributed by atoms with E-state index in [2.05, 4.69) is 0 Å². The van der Waals surface area contributed by atoms with Crippen LogP contribution in [0, 0.1) is 5.92 Å². The van der Waals surface area contributed by atoms with Crippen LogP contribution in [-0.4, -0.2) is 25.8 Å². The summed E-state index contributed by atoms with van der Waals surface area (Å²) in [5.74, 6) is -0.286. The quantitative estimate of drug-likeness (QED) is 0.672. The molecule has 0 fully saturated rings. The van der Waals surface area contributed by atoms with Crippen LogP contribution in [-0.2, 0) is 4.79 Å². The number of nitrogens with zero attached hydrogens (tertiary/aromatic N) is 1. The lowest BCUT2D eigenvalue weighted by Crippen LogP contribution is -2.40. The number of anilines is 1. The van der Waals surface area contributed by atoms with Crippen LogP contribution >= 0.6 is 0 Å². The molecule has 0 radical (unpaired) electrons. The van der Waals surface area contributed by atoms with E-state index in [9.17, 15) is 9.59 Å². The molecule has 84 valence electrons. The number of rotatable bonds is 1. The monoisotopic (exact) mass is 219 g/mol. The largest absolute Gasteiger partial charge is 0.497 e. The van der Waals surface area contributed by atoms with E-state index in [1.165, 1.54) is 4.90 Å². The zero-order chi connectivity index (χ0) is 11.9. The Hall–Kier alpha value is -1.84. The Balaban J connectivity index is 2.59. The molecule has 1 atom stereocenters. The van der Waals surface area contributed by atoms with E-state index in [1.807, 2.05) is 0 Å². The molecule has 0 aliphatic carbocycles. The highest BCUT2D eigenvalue weighted by molar-refractivity contribution is 6.21. The summed E-state index contributed by atoms with van der Waals surface area (Å²) in [6.45, 7) is 1.63. The van der Waals surface area contributed by atoms with Crippen LogP contribution in [0.1, 0.15) is 17.3 Å². The van der Waals surface area contributed by atoms with Crippen molar-refractivity contribution in [3.8, 4) is 5.75 Å². The van der Waals surface area contributed by atoms with Gasteiger partial charge in [0.15, 0.2) is 5.78 Å². The molecular formula is C12H13NO3. The van der Waals surface area contributed by atoms with Gasteiger partial charge in [0, 0.05) is 12.6 Å². The van der Waals surface area contributed by atoms with E-state index < -0.39 is 5.92 Å². The third kappa shape index (κ3) is 1.38. The summed E-state index contributed by atoms with van der Waals surface area (Å²) >= 11 is 0. The van der Waals surface area contributed by atoms with Crippen LogP contribution in [0.5, 0.6) is 5.75 Å². The zero-order valence-corrected chi connectivity index (χ0v) is 9.48. The summed E-state index contributed by atoms with van der Waals surface area (Å²) in [5.41, 5.74) is 1.20. The summed E-state index contributed by atoms with van der Waals surface area (Å²) in [4.78, 5) is 25.2. The van der Waals surface area contributed by atoms with Gasteiger partial charge < -0.3 is 9.64 Å². The molecule has 0 N–H and O–H groups in total. The lowest BCUT2D eigenvalue weighted by Gasteiger charge is -2.28. The molecular weight excluding hydrogens is 206 g/mol. The van der Waals surface area contributed by atoms with Crippen molar-refractivity contribution in [1.29, 1.82) is 0 Å². The first-order valence-corrected chi connectivity index (χ1v) is 5.06. The van der Waals surface area contributed by atoms with Crippen LogP contribution in [0.15, 0.2) is 18.2 Å². The van der Waals surface area contributed by atoms with Crippen molar-refractivity contribution < 1.29 is 14.3 Å². The maximum absolute atomic E-state index is 11.9. The molecule has 0 saturated carbocycles. The normalized spacial score (nSPS) is 19.7. The molecule has 4 heteroatoms. The van der Waals surface area contributed by atoms with Gasteiger partial charge >= 0.3 is 0 Å². The van der Waals surface area contributed by atoms with Crippen molar-refractivity contribution >= 4 is 17.4 Å². The molecule has 1 aliphatic heterocycles. The highest BCUT2D eigenvalue weighted by Crippen LogP contribution is 2.32. The number of carbonyl (C=O) groups excluding carboxylic acids is 2. The van der Waals surface area contributed by atoms with Crippen molar-refractivity contribution in [2.24, 2.45) is 5.92 Å². The summed E-state index contributed by atoms with van der Waals surface area (Å²) in [7, 11) is 3.23. The van der Waals surface area contributed by atoms with E-state index in [0.29, 0.717) is 17.0 Å². The maximum atomic E-state index is 11.9. The molecule has 0 spiro atoms. The summed E-state index contributed by atoms with van der Waals surface area (Å²) < 4.78 is 5.07. The second kappa shape index (κ2) is 3.63. The zero-order valence-electron chi connectivity index (χ0n) is 9.48. The second-order valence-electron chi connectivity index (χ2n) is 3.87. The van der Waals surface area contributed by atoms with Crippen LogP contribution in [0.4, 0.5) is 5.69 Å². The average Bonchev–Trinajstić information content (AvgIpc) is 2.33. The van der Waals surface area contributed by atoms with E-state index in [1.54, 1.807) is 39.3 Å². The SMILES string of the molecule is COc1ccc2c(c1)C(=O)C(C)C(=O)N2C. The van der Waals surface area contributed by atoms with Gasteiger partial charge in [0.05, 0.1) is 18.7 Å². The minimum atomic E-state index is -0.607. The van der Waals surface area contributed by atoms with Crippen molar-refractivity contribution in [1.82, 2.24) is 0 Å². The third-order valence-corrected chi connectivity index (χ3v) is 2.92. The summed E-state index contributed by atoms with van der Waals surface area (Å²) in [6, 6.07) is 5.15. The average molecular weight is 219 g/mol. The number of hydrogen-bond donors (Lipinski definition) is 0. The first-order chi connectivity index (χ1) is 7.56. The summed E-state index contributed by atoms with van der Waals surface area (Å²) in [5, 5.41) is 0. The van der Waals surface area contributed by atoms with Gasteiger partial charge in [0.25, 0.3) is 0 Å². The molecule has 2 rings (SSSR count). The van der Waals surface area contributed by atoms with Crippen LogP contribution in [0.25, 0.3) is 0 Å². The van der Waals surface area contributed by atoms with E-state index in [-0.39, 0.29) is 11.7 Å². The number of carbonyl (C=O) groups is 2. The predicted octanol–water partition coefficient (Wildman–Crippen LogP) is 1.49. The fourth-order valence-electron chi connectivity index (χ4n) is 1.89. The first kappa shape index (κ1) is 10.7. The molecule has 1 aliphatic rings. The van der Waals surface area contributed by atoms with E-state index in [0.717, 1.165) is 0 Å². The Kier molecular flexibility index (Phi) is 2.42. The van der Waals surface area contributed by atoms with Gasteiger partial charge in [-0.05, 0) is 25.1 Å². The minimum Gasteiger partial charge on any atom is -0.497 e. The van der Waals surface area contributed by atoms with Crippen molar-refractivity contribution in [3.05, 3.63) is 23.8 Å². The highest BCUT2D eigenvalue weighted by Gasteiger charge is 2.34.